The molecule has 1 saturated carbocycles. The molecule has 0 bridgehead atoms. The predicted octanol–water partition coefficient (Wildman–Crippen LogP) is 0.733. The van der Waals surface area contributed by atoms with Crippen LogP contribution >= 0.6 is 0 Å². The minimum absolute atomic E-state index is 0.0761. The van der Waals surface area contributed by atoms with Gasteiger partial charge in [0.2, 0.25) is 5.91 Å². The summed E-state index contributed by atoms with van der Waals surface area (Å²) in [7, 11) is 0. The SMILES string of the molecule is CC(CNC(=O)C1(CN)CCCCC1)C(=O)O. The molecule has 0 aromatic heterocycles. The normalized spacial score (nSPS) is 20.6. The van der Waals surface area contributed by atoms with Gasteiger partial charge in [0.1, 0.15) is 0 Å². The zero-order valence-corrected chi connectivity index (χ0v) is 10.4. The molecular formula is C12H22N2O3. The Kier molecular flexibility index (Phi) is 4.93. The molecule has 0 radical (unpaired) electrons. The Morgan fingerprint density at radius 2 is 1.94 bits per heavy atom. The summed E-state index contributed by atoms with van der Waals surface area (Å²) in [5, 5.41) is 11.5. The van der Waals surface area contributed by atoms with Crippen molar-refractivity contribution in [3.05, 3.63) is 0 Å². The number of nitrogens with one attached hydrogen (secondary N) is 1. The van der Waals surface area contributed by atoms with Crippen LogP contribution in [-0.2, 0) is 9.59 Å². The molecule has 1 rings (SSSR count). The highest BCUT2D eigenvalue weighted by Crippen LogP contribution is 2.35. The van der Waals surface area contributed by atoms with Gasteiger partial charge in [0, 0.05) is 13.1 Å². The summed E-state index contributed by atoms with van der Waals surface area (Å²) in [5.74, 6) is -1.53. The van der Waals surface area contributed by atoms with Gasteiger partial charge < -0.3 is 16.2 Å². The van der Waals surface area contributed by atoms with Gasteiger partial charge in [-0.05, 0) is 12.8 Å². The average Bonchev–Trinajstić information content (AvgIpc) is 2.36. The lowest BCUT2D eigenvalue weighted by Gasteiger charge is -2.34. The fourth-order valence-corrected chi connectivity index (χ4v) is 2.27. The van der Waals surface area contributed by atoms with E-state index >= 15 is 0 Å². The van der Waals surface area contributed by atoms with Crippen LogP contribution in [0.2, 0.25) is 0 Å². The number of aliphatic carboxylic acids is 1. The third-order valence-electron chi connectivity index (χ3n) is 3.67. The van der Waals surface area contributed by atoms with E-state index < -0.39 is 17.3 Å². The second-order valence-electron chi connectivity index (χ2n) is 4.99. The van der Waals surface area contributed by atoms with E-state index in [1.807, 2.05) is 0 Å². The van der Waals surface area contributed by atoms with Crippen LogP contribution in [0.3, 0.4) is 0 Å². The molecule has 0 heterocycles. The van der Waals surface area contributed by atoms with Crippen molar-refractivity contribution in [3.8, 4) is 0 Å². The fourth-order valence-electron chi connectivity index (χ4n) is 2.27. The molecule has 1 aliphatic rings. The smallest absolute Gasteiger partial charge is 0.308 e. The van der Waals surface area contributed by atoms with Crippen LogP contribution in [0.4, 0.5) is 0 Å². The summed E-state index contributed by atoms with van der Waals surface area (Å²) in [6.07, 6.45) is 4.84. The average molecular weight is 242 g/mol. The number of rotatable bonds is 5. The van der Waals surface area contributed by atoms with E-state index in [0.717, 1.165) is 32.1 Å². The van der Waals surface area contributed by atoms with Gasteiger partial charge in [0.25, 0.3) is 0 Å². The van der Waals surface area contributed by atoms with Crippen molar-refractivity contribution in [1.82, 2.24) is 5.32 Å². The number of hydrogen-bond donors (Lipinski definition) is 3. The lowest BCUT2D eigenvalue weighted by Crippen LogP contribution is -2.48. The lowest BCUT2D eigenvalue weighted by molar-refractivity contribution is -0.141. The molecule has 1 atom stereocenters. The van der Waals surface area contributed by atoms with E-state index in [1.54, 1.807) is 6.92 Å². The quantitative estimate of drug-likeness (QED) is 0.662. The molecule has 0 spiro atoms. The van der Waals surface area contributed by atoms with Crippen molar-refractivity contribution in [2.75, 3.05) is 13.1 Å². The van der Waals surface area contributed by atoms with Gasteiger partial charge in [-0.3, -0.25) is 9.59 Å². The van der Waals surface area contributed by atoms with Crippen LogP contribution in [0.15, 0.2) is 0 Å². The molecule has 0 aromatic rings. The zero-order valence-electron chi connectivity index (χ0n) is 10.4. The largest absolute Gasteiger partial charge is 0.481 e. The molecule has 5 nitrogen and oxygen atoms in total. The first kappa shape index (κ1) is 14.0. The fraction of sp³-hybridized carbons (Fsp3) is 0.833. The summed E-state index contributed by atoms with van der Waals surface area (Å²) < 4.78 is 0. The monoisotopic (exact) mass is 242 g/mol. The van der Waals surface area contributed by atoms with E-state index in [2.05, 4.69) is 5.32 Å². The van der Waals surface area contributed by atoms with Crippen molar-refractivity contribution < 1.29 is 14.7 Å². The van der Waals surface area contributed by atoms with Crippen molar-refractivity contribution in [2.45, 2.75) is 39.0 Å². The number of hydrogen-bond acceptors (Lipinski definition) is 3. The van der Waals surface area contributed by atoms with Crippen LogP contribution in [0.25, 0.3) is 0 Å². The molecule has 4 N–H and O–H groups in total. The van der Waals surface area contributed by atoms with Crippen molar-refractivity contribution >= 4 is 11.9 Å². The third-order valence-corrected chi connectivity index (χ3v) is 3.67. The van der Waals surface area contributed by atoms with Gasteiger partial charge in [-0.15, -0.1) is 0 Å². The number of carboxylic acid groups (broad SMARTS) is 1. The van der Waals surface area contributed by atoms with Crippen molar-refractivity contribution in [3.63, 3.8) is 0 Å². The van der Waals surface area contributed by atoms with E-state index in [9.17, 15) is 9.59 Å². The standard InChI is InChI=1S/C12H22N2O3/c1-9(10(15)16)7-14-11(17)12(8-13)5-3-2-4-6-12/h9H,2-8,13H2,1H3,(H,14,17)(H,15,16). The maximum Gasteiger partial charge on any atom is 0.308 e. The summed E-state index contributed by atoms with van der Waals surface area (Å²) in [6, 6.07) is 0. The molecular weight excluding hydrogens is 220 g/mol. The van der Waals surface area contributed by atoms with E-state index in [0.29, 0.717) is 6.54 Å². The van der Waals surface area contributed by atoms with Gasteiger partial charge in [0.05, 0.1) is 11.3 Å². The summed E-state index contributed by atoms with van der Waals surface area (Å²) in [5.41, 5.74) is 5.27. The van der Waals surface area contributed by atoms with E-state index in [-0.39, 0.29) is 12.5 Å². The van der Waals surface area contributed by atoms with Crippen molar-refractivity contribution in [1.29, 1.82) is 0 Å². The minimum atomic E-state index is -0.893. The van der Waals surface area contributed by atoms with Crippen LogP contribution < -0.4 is 11.1 Å². The van der Waals surface area contributed by atoms with Gasteiger partial charge in [-0.25, -0.2) is 0 Å². The molecule has 1 fully saturated rings. The lowest BCUT2D eigenvalue weighted by atomic mass is 9.73. The summed E-state index contributed by atoms with van der Waals surface area (Å²) >= 11 is 0. The Morgan fingerprint density at radius 3 is 2.41 bits per heavy atom. The summed E-state index contributed by atoms with van der Waals surface area (Å²) in [6.45, 7) is 2.11. The Bertz CT molecular complexity index is 285. The molecule has 0 aliphatic heterocycles. The first-order valence-corrected chi connectivity index (χ1v) is 6.23. The third kappa shape index (κ3) is 3.43. The molecule has 98 valence electrons. The number of nitrogens with two attached hydrogens (primary N) is 1. The molecule has 1 aliphatic carbocycles. The van der Waals surface area contributed by atoms with Gasteiger partial charge >= 0.3 is 5.97 Å². The highest BCUT2D eigenvalue weighted by molar-refractivity contribution is 5.83. The van der Waals surface area contributed by atoms with Crippen LogP contribution in [0.5, 0.6) is 0 Å². The van der Waals surface area contributed by atoms with Gasteiger partial charge in [-0.2, -0.15) is 0 Å². The Hall–Kier alpha value is -1.10. The van der Waals surface area contributed by atoms with Gasteiger partial charge in [0.15, 0.2) is 0 Å². The Balaban J connectivity index is 2.52. The second kappa shape index (κ2) is 6.00. The maximum atomic E-state index is 12.1. The van der Waals surface area contributed by atoms with Crippen LogP contribution in [0, 0.1) is 11.3 Å². The Labute approximate surface area is 102 Å². The predicted molar refractivity (Wildman–Crippen MR) is 64.4 cm³/mol. The molecule has 1 unspecified atom stereocenters. The van der Waals surface area contributed by atoms with E-state index in [4.69, 9.17) is 10.8 Å². The number of carboxylic acids is 1. The summed E-state index contributed by atoms with van der Waals surface area (Å²) in [4.78, 5) is 22.8. The van der Waals surface area contributed by atoms with E-state index in [1.165, 1.54) is 0 Å². The molecule has 0 saturated heterocycles. The second-order valence-corrected chi connectivity index (χ2v) is 4.99. The first-order chi connectivity index (χ1) is 8.02. The zero-order chi connectivity index (χ0) is 12.9. The first-order valence-electron chi connectivity index (χ1n) is 6.23. The maximum absolute atomic E-state index is 12.1. The minimum Gasteiger partial charge on any atom is -0.481 e. The topological polar surface area (TPSA) is 92.4 Å². The highest BCUT2D eigenvalue weighted by Gasteiger charge is 2.38. The van der Waals surface area contributed by atoms with Crippen LogP contribution in [0.1, 0.15) is 39.0 Å². The molecule has 5 heteroatoms. The number of carbonyl (C=O) groups is 2. The molecule has 0 aromatic carbocycles. The Morgan fingerprint density at radius 1 is 1.35 bits per heavy atom. The van der Waals surface area contributed by atoms with Gasteiger partial charge in [-0.1, -0.05) is 26.2 Å². The van der Waals surface area contributed by atoms with Crippen molar-refractivity contribution in [2.24, 2.45) is 17.1 Å². The molecule has 17 heavy (non-hydrogen) atoms. The highest BCUT2D eigenvalue weighted by atomic mass is 16.4. The molecule has 1 amide bonds. The number of amides is 1. The number of carbonyl (C=O) groups excluding carboxylic acids is 1. The van der Waals surface area contributed by atoms with Crippen LogP contribution in [-0.4, -0.2) is 30.1 Å².